The van der Waals surface area contributed by atoms with Crippen molar-refractivity contribution >= 4 is 22.6 Å². The van der Waals surface area contributed by atoms with E-state index >= 15 is 0 Å². The summed E-state index contributed by atoms with van der Waals surface area (Å²) in [6, 6.07) is 14.2. The zero-order valence-corrected chi connectivity index (χ0v) is 15.1. The molecule has 0 amide bonds. The van der Waals surface area contributed by atoms with Crippen molar-refractivity contribution in [2.45, 2.75) is 25.3 Å². The van der Waals surface area contributed by atoms with Gasteiger partial charge >= 0.3 is 5.63 Å². The maximum atomic E-state index is 12.8. The summed E-state index contributed by atoms with van der Waals surface area (Å²) in [5.41, 5.74) is 1.13. The van der Waals surface area contributed by atoms with Gasteiger partial charge in [0.05, 0.1) is 11.4 Å². The van der Waals surface area contributed by atoms with E-state index in [1.165, 1.54) is 6.42 Å². The zero-order chi connectivity index (χ0) is 18.1. The van der Waals surface area contributed by atoms with Crippen molar-refractivity contribution in [1.82, 2.24) is 4.90 Å². The van der Waals surface area contributed by atoms with Crippen molar-refractivity contribution in [1.29, 1.82) is 0 Å². The lowest BCUT2D eigenvalue weighted by Gasteiger charge is -2.34. The van der Waals surface area contributed by atoms with E-state index in [0.717, 1.165) is 31.5 Å². The molecule has 2 aromatic carbocycles. The highest BCUT2D eigenvalue weighted by molar-refractivity contribution is 6.30. The number of aromatic hydroxyl groups is 1. The van der Waals surface area contributed by atoms with Gasteiger partial charge in [0.1, 0.15) is 16.9 Å². The molecule has 0 radical (unpaired) electrons. The molecular weight excluding hydrogens is 350 g/mol. The molecule has 2 heterocycles. The molecule has 0 aliphatic carbocycles. The second kappa shape index (κ2) is 7.14. The largest absolute Gasteiger partial charge is 0.507 e. The van der Waals surface area contributed by atoms with E-state index in [4.69, 9.17) is 16.0 Å². The number of fused-ring (bicyclic) bond motifs is 1. The molecule has 4 nitrogen and oxygen atoms in total. The van der Waals surface area contributed by atoms with Crippen molar-refractivity contribution in [3.63, 3.8) is 0 Å². The Morgan fingerprint density at radius 1 is 1.00 bits per heavy atom. The van der Waals surface area contributed by atoms with Crippen LogP contribution in [0.5, 0.6) is 5.75 Å². The van der Waals surface area contributed by atoms with E-state index in [9.17, 15) is 9.90 Å². The van der Waals surface area contributed by atoms with Crippen LogP contribution < -0.4 is 5.63 Å². The van der Waals surface area contributed by atoms with Gasteiger partial charge < -0.3 is 9.52 Å². The SMILES string of the molecule is O=c1oc2ccccc2c(O)c1C(c1ccc(Cl)cc1)N1CCCCC1. The van der Waals surface area contributed by atoms with Crippen LogP contribution in [0.4, 0.5) is 0 Å². The first kappa shape index (κ1) is 17.1. The molecule has 1 aliphatic heterocycles. The number of likely N-dealkylation sites (tertiary alicyclic amines) is 1. The summed E-state index contributed by atoms with van der Waals surface area (Å²) in [6.45, 7) is 1.75. The average Bonchev–Trinajstić information content (AvgIpc) is 2.67. The maximum absolute atomic E-state index is 12.8. The monoisotopic (exact) mass is 369 g/mol. The first-order valence-corrected chi connectivity index (χ1v) is 9.27. The Morgan fingerprint density at radius 3 is 2.42 bits per heavy atom. The summed E-state index contributed by atoms with van der Waals surface area (Å²) in [4.78, 5) is 15.0. The Morgan fingerprint density at radius 2 is 1.69 bits per heavy atom. The highest BCUT2D eigenvalue weighted by atomic mass is 35.5. The Bertz CT molecular complexity index is 975. The van der Waals surface area contributed by atoms with Gasteiger partial charge in [-0.1, -0.05) is 42.3 Å². The van der Waals surface area contributed by atoms with Gasteiger partial charge in [-0.2, -0.15) is 0 Å². The lowest BCUT2D eigenvalue weighted by atomic mass is 9.94. The molecular formula is C21H20ClNO3. The molecule has 0 spiro atoms. The molecule has 1 aromatic heterocycles. The fourth-order valence-electron chi connectivity index (χ4n) is 3.77. The molecule has 5 heteroatoms. The molecule has 1 unspecified atom stereocenters. The molecule has 0 bridgehead atoms. The standard InChI is InChI=1S/C21H20ClNO3/c22-15-10-8-14(9-11-15)19(23-12-4-1-5-13-23)18-20(24)16-6-2-3-7-17(16)26-21(18)25/h2-3,6-11,19,24H,1,4-5,12-13H2. The Kier molecular flexibility index (Phi) is 4.70. The van der Waals surface area contributed by atoms with E-state index in [1.807, 2.05) is 30.3 Å². The van der Waals surface area contributed by atoms with E-state index in [1.54, 1.807) is 18.2 Å². The Labute approximate surface area is 156 Å². The number of piperidine rings is 1. The van der Waals surface area contributed by atoms with Gasteiger partial charge in [0.25, 0.3) is 0 Å². The minimum atomic E-state index is -0.494. The van der Waals surface area contributed by atoms with E-state index in [-0.39, 0.29) is 11.8 Å². The smallest absolute Gasteiger partial charge is 0.345 e. The third-order valence-electron chi connectivity index (χ3n) is 5.03. The highest BCUT2D eigenvalue weighted by Crippen LogP contribution is 2.37. The summed E-state index contributed by atoms with van der Waals surface area (Å²) in [5, 5.41) is 12.1. The predicted octanol–water partition coefficient (Wildman–Crippen LogP) is 4.73. The van der Waals surface area contributed by atoms with Crippen LogP contribution in [-0.2, 0) is 0 Å². The van der Waals surface area contributed by atoms with Crippen molar-refractivity contribution in [2.24, 2.45) is 0 Å². The summed E-state index contributed by atoms with van der Waals surface area (Å²) in [7, 11) is 0. The van der Waals surface area contributed by atoms with Gasteiger partial charge in [0.15, 0.2) is 0 Å². The van der Waals surface area contributed by atoms with Crippen LogP contribution in [0.2, 0.25) is 5.02 Å². The van der Waals surface area contributed by atoms with E-state index in [0.29, 0.717) is 21.6 Å². The first-order valence-electron chi connectivity index (χ1n) is 8.89. The topological polar surface area (TPSA) is 53.7 Å². The van der Waals surface area contributed by atoms with E-state index < -0.39 is 5.63 Å². The van der Waals surface area contributed by atoms with Gasteiger partial charge in [-0.25, -0.2) is 4.79 Å². The number of hydrogen-bond acceptors (Lipinski definition) is 4. The second-order valence-electron chi connectivity index (χ2n) is 6.70. The fraction of sp³-hybridized carbons (Fsp3) is 0.286. The lowest BCUT2D eigenvalue weighted by Crippen LogP contribution is -2.36. The van der Waals surface area contributed by atoms with Crippen molar-refractivity contribution in [3.8, 4) is 5.75 Å². The number of rotatable bonds is 3. The van der Waals surface area contributed by atoms with Gasteiger partial charge in [0.2, 0.25) is 0 Å². The van der Waals surface area contributed by atoms with Crippen molar-refractivity contribution in [3.05, 3.63) is 75.1 Å². The van der Waals surface area contributed by atoms with Crippen LogP contribution in [-0.4, -0.2) is 23.1 Å². The lowest BCUT2D eigenvalue weighted by molar-refractivity contribution is 0.182. The zero-order valence-electron chi connectivity index (χ0n) is 14.3. The minimum absolute atomic E-state index is 0.00220. The number of hydrogen-bond donors (Lipinski definition) is 1. The molecule has 1 atom stereocenters. The van der Waals surface area contributed by atoms with Crippen LogP contribution in [0.1, 0.15) is 36.4 Å². The Balaban J connectivity index is 1.92. The molecule has 4 rings (SSSR count). The molecule has 3 aromatic rings. The summed E-state index contributed by atoms with van der Waals surface area (Å²) in [6.07, 6.45) is 3.33. The number of benzene rings is 2. The maximum Gasteiger partial charge on any atom is 0.345 e. The molecule has 1 aliphatic rings. The van der Waals surface area contributed by atoms with Crippen molar-refractivity contribution < 1.29 is 9.52 Å². The minimum Gasteiger partial charge on any atom is -0.507 e. The predicted molar refractivity (Wildman–Crippen MR) is 103 cm³/mol. The van der Waals surface area contributed by atoms with Gasteiger partial charge in [0, 0.05) is 5.02 Å². The summed E-state index contributed by atoms with van der Waals surface area (Å²) < 4.78 is 5.52. The highest BCUT2D eigenvalue weighted by Gasteiger charge is 2.30. The molecule has 134 valence electrons. The normalized spacial score (nSPS) is 16.7. The van der Waals surface area contributed by atoms with Gasteiger partial charge in [-0.05, 0) is 55.8 Å². The quantitative estimate of drug-likeness (QED) is 0.678. The Hall–Kier alpha value is -2.30. The number of para-hydroxylation sites is 1. The molecule has 26 heavy (non-hydrogen) atoms. The van der Waals surface area contributed by atoms with E-state index in [2.05, 4.69) is 4.90 Å². The van der Waals surface area contributed by atoms with Gasteiger partial charge in [-0.15, -0.1) is 0 Å². The second-order valence-corrected chi connectivity index (χ2v) is 7.14. The van der Waals surface area contributed by atoms with Crippen LogP contribution in [0.15, 0.2) is 57.7 Å². The van der Waals surface area contributed by atoms with Gasteiger partial charge in [-0.3, -0.25) is 4.90 Å². The molecule has 1 saturated heterocycles. The number of halogens is 1. The van der Waals surface area contributed by atoms with Crippen LogP contribution in [0.25, 0.3) is 11.0 Å². The van der Waals surface area contributed by atoms with Crippen LogP contribution in [0, 0.1) is 0 Å². The molecule has 0 saturated carbocycles. The summed E-state index contributed by atoms with van der Waals surface area (Å²) >= 11 is 6.05. The van der Waals surface area contributed by atoms with Crippen LogP contribution >= 0.6 is 11.6 Å². The molecule has 1 fully saturated rings. The third kappa shape index (κ3) is 3.11. The summed E-state index contributed by atoms with van der Waals surface area (Å²) in [5.74, 6) is 0.00220. The molecule has 1 N–H and O–H groups in total. The van der Waals surface area contributed by atoms with Crippen molar-refractivity contribution in [2.75, 3.05) is 13.1 Å². The third-order valence-corrected chi connectivity index (χ3v) is 5.29. The number of nitrogens with zero attached hydrogens (tertiary/aromatic N) is 1. The fourth-order valence-corrected chi connectivity index (χ4v) is 3.90. The van der Waals surface area contributed by atoms with Crippen LogP contribution in [0.3, 0.4) is 0 Å². The average molecular weight is 370 g/mol. The first-order chi connectivity index (χ1) is 12.6.